The second kappa shape index (κ2) is 7.75. The molecule has 0 N–H and O–H groups in total. The highest BCUT2D eigenvalue weighted by Crippen LogP contribution is 1.87. The number of Topliss-reactive ketones (excluding diaryl/α,β-unsaturated/α-hetero) is 1. The molecule has 0 heterocycles. The van der Waals surface area contributed by atoms with Crippen molar-refractivity contribution in [3.63, 3.8) is 0 Å². The number of ketones is 1. The summed E-state index contributed by atoms with van der Waals surface area (Å²) in [6.45, 7) is 4.86. The van der Waals surface area contributed by atoms with Crippen LogP contribution < -0.4 is 0 Å². The Morgan fingerprint density at radius 3 is 2.45 bits per heavy atom. The second-order valence-electron chi connectivity index (χ2n) is 1.85. The fourth-order valence-electron chi connectivity index (χ4n) is 0.406. The fraction of sp³-hybridized carbons (Fsp3) is 0.429. The Labute approximate surface area is 81.9 Å². The van der Waals surface area contributed by atoms with Crippen LogP contribution in [-0.2, 0) is 14.3 Å². The summed E-state index contributed by atoms with van der Waals surface area (Å²) in [7, 11) is 0. The number of esters is 1. The van der Waals surface area contributed by atoms with Crippen LogP contribution in [0.1, 0.15) is 13.3 Å². The van der Waals surface area contributed by atoms with Gasteiger partial charge in [-0.1, -0.05) is 12.7 Å². The quantitative estimate of drug-likeness (QED) is 0.252. The van der Waals surface area contributed by atoms with Gasteiger partial charge in [0.2, 0.25) is 0 Å². The van der Waals surface area contributed by atoms with Crippen LogP contribution in [-0.4, -0.2) is 41.4 Å². The lowest BCUT2D eigenvalue weighted by Crippen LogP contribution is -2.08. The van der Waals surface area contributed by atoms with Gasteiger partial charge in [-0.2, -0.15) is 0 Å². The van der Waals surface area contributed by atoms with Crippen LogP contribution in [0.3, 0.4) is 0 Å². The number of hydrogen-bond acceptors (Lipinski definition) is 3. The van der Waals surface area contributed by atoms with E-state index >= 15 is 0 Å². The first-order chi connectivity index (χ1) is 4.66. The Bertz CT molecular complexity index is 154. The largest absolute Gasteiger partial charge is 0.461 e. The predicted octanol–water partition coefficient (Wildman–Crippen LogP) is -0.221. The lowest BCUT2D eigenvalue weighted by Gasteiger charge is -1.96. The van der Waals surface area contributed by atoms with Gasteiger partial charge in [-0.05, 0) is 6.92 Å². The van der Waals surface area contributed by atoms with Crippen molar-refractivity contribution in [2.24, 2.45) is 0 Å². The normalized spacial score (nSPS) is 7.73. The molecule has 0 aromatic heterocycles. The maximum atomic E-state index is 10.5. The van der Waals surface area contributed by atoms with Gasteiger partial charge in [0.05, 0.1) is 0 Å². The zero-order valence-corrected chi connectivity index (χ0v) is 5.92. The van der Waals surface area contributed by atoms with Gasteiger partial charge in [0, 0.05) is 0 Å². The number of carbonyl (C=O) groups excluding carboxylic acids is 2. The van der Waals surface area contributed by atoms with Crippen LogP contribution in [0.4, 0.5) is 0 Å². The fourth-order valence-corrected chi connectivity index (χ4v) is 0.406. The molecule has 0 aromatic rings. The van der Waals surface area contributed by atoms with Crippen molar-refractivity contribution < 1.29 is 14.3 Å². The smallest absolute Gasteiger partial charge is 0.316 e. The first kappa shape index (κ1) is 13.3. The van der Waals surface area contributed by atoms with Crippen molar-refractivity contribution in [2.45, 2.75) is 13.3 Å². The Hall–Kier alpha value is -0.354. The van der Waals surface area contributed by atoms with Crippen molar-refractivity contribution >= 4 is 34.8 Å². The van der Waals surface area contributed by atoms with Crippen molar-refractivity contribution in [3.8, 4) is 0 Å². The van der Waals surface area contributed by atoms with Gasteiger partial charge < -0.3 is 4.74 Å². The molecule has 0 spiro atoms. The summed E-state index contributed by atoms with van der Waals surface area (Å²) in [5, 5.41) is 0. The van der Waals surface area contributed by atoms with Crippen LogP contribution in [0.15, 0.2) is 12.7 Å². The van der Waals surface area contributed by atoms with Crippen molar-refractivity contribution in [1.82, 2.24) is 0 Å². The van der Waals surface area contributed by atoms with Gasteiger partial charge in [0.25, 0.3) is 0 Å². The van der Waals surface area contributed by atoms with Gasteiger partial charge in [0.15, 0.2) is 0 Å². The number of hydrogen-bond donors (Lipinski definition) is 0. The molecule has 0 aliphatic heterocycles. The van der Waals surface area contributed by atoms with Crippen LogP contribution in [0, 0.1) is 0 Å². The first-order valence-electron chi connectivity index (χ1n) is 2.92. The molecule has 0 fully saturated rings. The average molecular weight is 168 g/mol. The molecule has 0 rings (SSSR count). The van der Waals surface area contributed by atoms with Crippen LogP contribution in [0.2, 0.25) is 0 Å². The third-order valence-electron chi connectivity index (χ3n) is 0.755. The molecular weight excluding hydrogens is 156 g/mol. The van der Waals surface area contributed by atoms with Crippen LogP contribution in [0.25, 0.3) is 0 Å². The molecule has 0 unspecified atom stereocenters. The molecule has 0 bridgehead atoms. The van der Waals surface area contributed by atoms with E-state index in [1.54, 1.807) is 0 Å². The topological polar surface area (TPSA) is 43.4 Å². The summed E-state index contributed by atoms with van der Waals surface area (Å²) < 4.78 is 4.52. The van der Waals surface area contributed by atoms with Crippen LogP contribution in [0.5, 0.6) is 0 Å². The van der Waals surface area contributed by atoms with E-state index in [-0.39, 0.29) is 41.9 Å². The summed E-state index contributed by atoms with van der Waals surface area (Å²) in [6, 6.07) is 0. The van der Waals surface area contributed by atoms with Gasteiger partial charge in [-0.3, -0.25) is 9.59 Å². The van der Waals surface area contributed by atoms with Gasteiger partial charge in [-0.15, -0.1) is 0 Å². The average Bonchev–Trinajstić information content (AvgIpc) is 1.82. The highest BCUT2D eigenvalue weighted by Gasteiger charge is 2.03. The maximum absolute atomic E-state index is 10.5. The third-order valence-corrected chi connectivity index (χ3v) is 0.755. The number of ether oxygens (including phenoxy) is 1. The molecule has 4 heteroatoms. The van der Waals surface area contributed by atoms with E-state index in [2.05, 4.69) is 11.3 Å². The van der Waals surface area contributed by atoms with Crippen LogP contribution >= 0.6 is 0 Å². The summed E-state index contributed by atoms with van der Waals surface area (Å²) in [5.74, 6) is -0.679. The van der Waals surface area contributed by atoms with E-state index in [9.17, 15) is 9.59 Å². The first-order valence-corrected chi connectivity index (χ1v) is 2.92. The SMILES string of the molecule is C=CCOC(=O)CC(C)=O.[MgH2]. The molecular formula is C7H12MgO3. The molecule has 0 saturated carbocycles. The molecule has 0 aliphatic carbocycles. The lowest BCUT2D eigenvalue weighted by molar-refractivity contribution is -0.144. The molecule has 0 amide bonds. The molecule has 0 atom stereocenters. The van der Waals surface area contributed by atoms with E-state index in [1.807, 2.05) is 0 Å². The molecule has 0 aliphatic rings. The minimum atomic E-state index is -0.493. The van der Waals surface area contributed by atoms with E-state index in [4.69, 9.17) is 0 Å². The second-order valence-corrected chi connectivity index (χ2v) is 1.85. The Morgan fingerprint density at radius 2 is 2.09 bits per heavy atom. The van der Waals surface area contributed by atoms with E-state index < -0.39 is 5.97 Å². The monoisotopic (exact) mass is 168 g/mol. The number of carbonyl (C=O) groups is 2. The zero-order valence-electron chi connectivity index (χ0n) is 5.92. The highest BCUT2D eigenvalue weighted by atomic mass is 24.3. The standard InChI is InChI=1S/C7H10O3.Mg.2H/c1-3-4-10-7(9)5-6(2)8;;;/h3H,1,4-5H2,2H3;;;. The Kier molecular flexibility index (Phi) is 9.34. The maximum Gasteiger partial charge on any atom is 0.316 e. The number of rotatable bonds is 4. The van der Waals surface area contributed by atoms with E-state index in [0.29, 0.717) is 0 Å². The summed E-state index contributed by atoms with van der Waals surface area (Å²) in [4.78, 5) is 20.8. The third kappa shape index (κ3) is 9.65. The minimum Gasteiger partial charge on any atom is -0.461 e. The van der Waals surface area contributed by atoms with Crippen molar-refractivity contribution in [1.29, 1.82) is 0 Å². The molecule has 0 radical (unpaired) electrons. The molecule has 11 heavy (non-hydrogen) atoms. The molecule has 60 valence electrons. The van der Waals surface area contributed by atoms with E-state index in [1.165, 1.54) is 13.0 Å². The lowest BCUT2D eigenvalue weighted by atomic mass is 10.3. The van der Waals surface area contributed by atoms with Crippen molar-refractivity contribution in [2.75, 3.05) is 6.61 Å². The summed E-state index contributed by atoms with van der Waals surface area (Å²) in [5.41, 5.74) is 0. The van der Waals surface area contributed by atoms with Gasteiger partial charge in [-0.25, -0.2) is 0 Å². The summed E-state index contributed by atoms with van der Waals surface area (Å²) >= 11 is 0. The van der Waals surface area contributed by atoms with Gasteiger partial charge in [0.1, 0.15) is 18.8 Å². The predicted molar refractivity (Wildman–Crippen MR) is 45.0 cm³/mol. The zero-order chi connectivity index (χ0) is 7.98. The highest BCUT2D eigenvalue weighted by molar-refractivity contribution is 5.94. The molecule has 0 aromatic carbocycles. The van der Waals surface area contributed by atoms with Crippen molar-refractivity contribution in [3.05, 3.63) is 12.7 Å². The molecule has 0 saturated heterocycles. The minimum absolute atomic E-state index is 0. The van der Waals surface area contributed by atoms with E-state index in [0.717, 1.165) is 0 Å². The summed E-state index contributed by atoms with van der Waals surface area (Å²) in [6.07, 6.45) is 1.31. The van der Waals surface area contributed by atoms with Gasteiger partial charge >= 0.3 is 29.0 Å². The Balaban J connectivity index is 0. The Morgan fingerprint density at radius 1 is 1.55 bits per heavy atom. The molecule has 3 nitrogen and oxygen atoms in total.